The van der Waals surface area contributed by atoms with Gasteiger partial charge in [-0.3, -0.25) is 4.90 Å². The van der Waals surface area contributed by atoms with Crippen molar-refractivity contribution < 1.29 is 4.74 Å². The quantitative estimate of drug-likeness (QED) is 0.555. The number of aromatic nitrogens is 2. The molecule has 0 radical (unpaired) electrons. The predicted octanol–water partition coefficient (Wildman–Crippen LogP) is 3.76. The van der Waals surface area contributed by atoms with Crippen molar-refractivity contribution in [2.24, 2.45) is 0 Å². The number of nitrogens with zero attached hydrogens (tertiary/aromatic N) is 3. The lowest BCUT2D eigenvalue weighted by molar-refractivity contribution is 0.287. The lowest BCUT2D eigenvalue weighted by atomic mass is 10.0. The Morgan fingerprint density at radius 3 is 2.80 bits per heavy atom. The Bertz CT molecular complexity index is 968. The monoisotopic (exact) mass is 407 g/mol. The molecule has 4 N–H and O–H groups in total. The first-order valence-electron chi connectivity index (χ1n) is 10.3. The molecule has 0 atom stereocenters. The molecule has 4 rings (SSSR count). The third kappa shape index (κ3) is 4.71. The van der Waals surface area contributed by atoms with E-state index >= 15 is 0 Å². The fourth-order valence-corrected chi connectivity index (χ4v) is 3.64. The summed E-state index contributed by atoms with van der Waals surface area (Å²) in [4.78, 5) is 11.4. The van der Waals surface area contributed by atoms with Crippen molar-refractivity contribution in [3.05, 3.63) is 41.7 Å². The molecule has 0 bridgehead atoms. The number of likely N-dealkylation sites (tertiary alicyclic amines) is 1. The van der Waals surface area contributed by atoms with Crippen molar-refractivity contribution in [1.29, 1.82) is 5.41 Å². The van der Waals surface area contributed by atoms with Gasteiger partial charge in [0.1, 0.15) is 11.6 Å². The summed E-state index contributed by atoms with van der Waals surface area (Å²) >= 11 is 0. The topological polar surface area (TPSA) is 98.2 Å². The molecular formula is C22H29N7O. The minimum absolute atomic E-state index is 0.531. The largest absolute Gasteiger partial charge is 0.495 e. The number of anilines is 4. The van der Waals surface area contributed by atoms with Crippen LogP contribution in [0.5, 0.6) is 5.75 Å². The number of piperidine rings is 1. The van der Waals surface area contributed by atoms with Gasteiger partial charge in [0, 0.05) is 67.5 Å². The number of aryl methyl sites for hydroxylation is 1. The number of rotatable bonds is 7. The second-order valence-electron chi connectivity index (χ2n) is 7.75. The number of hydrogen-bond acceptors (Lipinski definition) is 8. The molecule has 2 aromatic rings. The van der Waals surface area contributed by atoms with E-state index in [1.165, 1.54) is 12.8 Å². The van der Waals surface area contributed by atoms with E-state index in [-0.39, 0.29) is 0 Å². The van der Waals surface area contributed by atoms with E-state index in [9.17, 15) is 0 Å². The normalized spacial score (nSPS) is 18.4. The summed E-state index contributed by atoms with van der Waals surface area (Å²) in [7, 11) is 3.49. The maximum Gasteiger partial charge on any atom is 0.229 e. The van der Waals surface area contributed by atoms with Crippen molar-refractivity contribution in [1.82, 2.24) is 14.9 Å². The Hall–Kier alpha value is -3.13. The van der Waals surface area contributed by atoms with Gasteiger partial charge in [-0.15, -0.1) is 0 Å². The number of benzene rings is 1. The molecule has 0 amide bonds. The first kappa shape index (κ1) is 20.2. The maximum atomic E-state index is 8.31. The third-order valence-corrected chi connectivity index (χ3v) is 5.44. The van der Waals surface area contributed by atoms with Crippen LogP contribution < -0.4 is 20.7 Å². The second kappa shape index (κ2) is 8.71. The molecule has 2 aliphatic rings. The van der Waals surface area contributed by atoms with Crippen LogP contribution >= 0.6 is 0 Å². The summed E-state index contributed by atoms with van der Waals surface area (Å²) in [6.45, 7) is 3.76. The Morgan fingerprint density at radius 1 is 1.23 bits per heavy atom. The molecule has 8 heteroatoms. The fourth-order valence-electron chi connectivity index (χ4n) is 3.64. The van der Waals surface area contributed by atoms with Gasteiger partial charge in [0.2, 0.25) is 5.95 Å². The van der Waals surface area contributed by atoms with Crippen LogP contribution in [0.15, 0.2) is 36.0 Å². The third-order valence-electron chi connectivity index (χ3n) is 5.44. The molecule has 30 heavy (non-hydrogen) atoms. The average Bonchev–Trinajstić information content (AvgIpc) is 3.58. The van der Waals surface area contributed by atoms with Crippen LogP contribution in [0.2, 0.25) is 0 Å². The minimum atomic E-state index is 0.531. The lowest BCUT2D eigenvalue weighted by Crippen LogP contribution is -2.37. The molecule has 2 fully saturated rings. The number of hydrogen-bond donors (Lipinski definition) is 4. The van der Waals surface area contributed by atoms with E-state index in [4.69, 9.17) is 10.1 Å². The van der Waals surface area contributed by atoms with Gasteiger partial charge in [-0.1, -0.05) is 0 Å². The molecule has 1 aliphatic heterocycles. The highest BCUT2D eigenvalue weighted by atomic mass is 16.5. The maximum absolute atomic E-state index is 8.31. The summed E-state index contributed by atoms with van der Waals surface area (Å²) in [6, 6.07) is 8.40. The van der Waals surface area contributed by atoms with Crippen LogP contribution in [0.4, 0.5) is 23.1 Å². The zero-order valence-corrected chi connectivity index (χ0v) is 17.7. The van der Waals surface area contributed by atoms with Crippen LogP contribution in [0, 0.1) is 12.3 Å². The standard InChI is InChI=1S/C22H29N7O/c1-14-10-21(24-2)28-22(26-14)27-16-4-7-20(30-3)19(11-16)25-12-15-13-29(17-5-6-17)9-8-18(15)23/h4,7,10-12,17,23,25H,5-6,8-9,13H2,1-3H3,(H2,24,26,27,28)/b15-12-,23-18?. The van der Waals surface area contributed by atoms with Gasteiger partial charge < -0.3 is 26.1 Å². The Labute approximate surface area is 177 Å². The van der Waals surface area contributed by atoms with E-state index in [1.807, 2.05) is 44.4 Å². The number of methoxy groups -OCH3 is 1. The van der Waals surface area contributed by atoms with Gasteiger partial charge in [0.05, 0.1) is 12.8 Å². The molecule has 1 aromatic carbocycles. The van der Waals surface area contributed by atoms with Gasteiger partial charge in [-0.25, -0.2) is 4.98 Å². The summed E-state index contributed by atoms with van der Waals surface area (Å²) in [5, 5.41) is 18.0. The average molecular weight is 408 g/mol. The fraction of sp³-hybridized carbons (Fsp3) is 0.409. The van der Waals surface area contributed by atoms with E-state index in [0.717, 1.165) is 53.7 Å². The minimum Gasteiger partial charge on any atom is -0.495 e. The first-order chi connectivity index (χ1) is 14.6. The molecule has 1 aliphatic carbocycles. The SMILES string of the molecule is CNc1cc(C)nc(Nc2ccc(OC)c(N/C=C3/CN(C4CC4)CCC3=N)c2)n1. The first-order valence-corrected chi connectivity index (χ1v) is 10.3. The van der Waals surface area contributed by atoms with Crippen molar-refractivity contribution in [2.45, 2.75) is 32.2 Å². The van der Waals surface area contributed by atoms with Crippen LogP contribution in [-0.4, -0.2) is 53.9 Å². The summed E-state index contributed by atoms with van der Waals surface area (Å²) in [6.07, 6.45) is 5.32. The van der Waals surface area contributed by atoms with Crippen molar-refractivity contribution in [3.63, 3.8) is 0 Å². The molecule has 158 valence electrons. The molecular weight excluding hydrogens is 378 g/mol. The molecule has 1 saturated carbocycles. The molecule has 1 aromatic heterocycles. The van der Waals surface area contributed by atoms with E-state index in [0.29, 0.717) is 17.7 Å². The van der Waals surface area contributed by atoms with Crippen LogP contribution in [0.3, 0.4) is 0 Å². The highest BCUT2D eigenvalue weighted by molar-refractivity contribution is 5.99. The number of nitrogens with one attached hydrogen (secondary N) is 4. The van der Waals surface area contributed by atoms with Crippen molar-refractivity contribution in [2.75, 3.05) is 43.2 Å². The summed E-state index contributed by atoms with van der Waals surface area (Å²) in [5.41, 5.74) is 4.30. The van der Waals surface area contributed by atoms with Gasteiger partial charge in [0.15, 0.2) is 0 Å². The predicted molar refractivity (Wildman–Crippen MR) is 121 cm³/mol. The zero-order chi connectivity index (χ0) is 21.1. The van der Waals surface area contributed by atoms with Gasteiger partial charge in [-0.2, -0.15) is 4.98 Å². The van der Waals surface area contributed by atoms with Crippen LogP contribution in [0.25, 0.3) is 0 Å². The van der Waals surface area contributed by atoms with Crippen molar-refractivity contribution >= 4 is 28.9 Å². The van der Waals surface area contributed by atoms with Crippen LogP contribution in [-0.2, 0) is 0 Å². The summed E-state index contributed by atoms with van der Waals surface area (Å²) in [5.74, 6) is 2.03. The van der Waals surface area contributed by atoms with E-state index in [1.54, 1.807) is 7.11 Å². The highest BCUT2D eigenvalue weighted by Crippen LogP contribution is 2.31. The van der Waals surface area contributed by atoms with Crippen LogP contribution in [0.1, 0.15) is 25.0 Å². The Morgan fingerprint density at radius 2 is 2.07 bits per heavy atom. The molecule has 0 spiro atoms. The van der Waals surface area contributed by atoms with Gasteiger partial charge in [0.25, 0.3) is 0 Å². The van der Waals surface area contributed by atoms with Gasteiger partial charge >= 0.3 is 0 Å². The summed E-state index contributed by atoms with van der Waals surface area (Å²) < 4.78 is 5.52. The zero-order valence-electron chi connectivity index (χ0n) is 17.7. The molecule has 0 unspecified atom stereocenters. The molecule has 1 saturated heterocycles. The lowest BCUT2D eigenvalue weighted by Gasteiger charge is -2.29. The molecule has 8 nitrogen and oxygen atoms in total. The second-order valence-corrected chi connectivity index (χ2v) is 7.75. The number of ether oxygens (including phenoxy) is 1. The van der Waals surface area contributed by atoms with E-state index < -0.39 is 0 Å². The van der Waals surface area contributed by atoms with E-state index in [2.05, 4.69) is 30.8 Å². The Kier molecular flexibility index (Phi) is 5.85. The molecule has 2 heterocycles. The Balaban J connectivity index is 1.52. The highest BCUT2D eigenvalue weighted by Gasteiger charge is 2.32. The smallest absolute Gasteiger partial charge is 0.229 e. The van der Waals surface area contributed by atoms with Gasteiger partial charge in [-0.05, 0) is 38.0 Å². The van der Waals surface area contributed by atoms with Crippen molar-refractivity contribution in [3.8, 4) is 5.75 Å².